The van der Waals surface area contributed by atoms with Crippen LogP contribution in [0, 0.1) is 22.7 Å². The van der Waals surface area contributed by atoms with Gasteiger partial charge in [-0.2, -0.15) is 10.5 Å². The molecule has 0 unspecified atom stereocenters. The van der Waals surface area contributed by atoms with Crippen molar-refractivity contribution in [3.63, 3.8) is 0 Å². The second-order valence-electron chi connectivity index (χ2n) is 25.5. The molecule has 2 aliphatic rings. The van der Waals surface area contributed by atoms with E-state index in [-0.39, 0.29) is 69.9 Å². The van der Waals surface area contributed by atoms with Gasteiger partial charge in [0.05, 0.1) is 36.1 Å². The van der Waals surface area contributed by atoms with Gasteiger partial charge in [-0.15, -0.1) is 11.6 Å². The average molecular weight is 1210 g/mol. The lowest BCUT2D eigenvalue weighted by atomic mass is 9.96. The van der Waals surface area contributed by atoms with Crippen molar-refractivity contribution in [2.75, 3.05) is 49.1 Å². The van der Waals surface area contributed by atoms with Crippen LogP contribution in [0.15, 0.2) is 72.8 Å². The summed E-state index contributed by atoms with van der Waals surface area (Å²) in [4.78, 5) is 82.0. The molecule has 4 aromatic rings. The standard InChI is InChI=1S/C33H43N3O6.C22H32N2O6.C11H12ClN.CH4/c1-22(2)27-11-9-23(17-25(27)19-34)21-40-26-10-12-28-24(18-26)13-16-36(28)29(37)20-35(31(39)42-33(6,7)8)15-14-30(38)41-32(3,4)5;1-21(2,3)29-19(27)10-11-23(20(28)30-22(4,5)6)14-18(26)24-12-9-15-13-16(25)7-8-17(15)24;1-8(2)11-4-3-9(6-12)5-10(11)7-13;/h9-12,17-18,22H,13-16,20-21H2,1-8H3;7-8,13,25H,9-12,14H2,1-6H3;3-5,8H,6H2,1-2H3;1H4. The van der Waals surface area contributed by atoms with Crippen molar-refractivity contribution in [1.29, 1.82) is 10.5 Å². The fourth-order valence-corrected chi connectivity index (χ4v) is 9.15. The largest absolute Gasteiger partial charge is 0.508 e. The molecule has 18 nitrogen and oxygen atoms in total. The molecule has 2 heterocycles. The van der Waals surface area contributed by atoms with Crippen molar-refractivity contribution >= 4 is 58.9 Å². The third-order valence-electron chi connectivity index (χ3n) is 12.8. The van der Waals surface area contributed by atoms with Crippen molar-refractivity contribution in [2.24, 2.45) is 0 Å². The third-order valence-corrected chi connectivity index (χ3v) is 13.1. The maximum absolute atomic E-state index is 13.4. The SMILES string of the molecule is C.CC(C)(C)OC(=O)CCN(CC(=O)N1CCc2cc(O)ccc21)C(=O)OC(C)(C)C.CC(C)c1ccc(CCl)cc1C#N.CC(C)c1ccc(COc2ccc3c(c2)CCN3C(=O)CN(CCC(=O)OC(C)(C)C)C(=O)OC(C)(C)C)cc1C#N. The van der Waals surface area contributed by atoms with Crippen molar-refractivity contribution < 1.29 is 57.6 Å². The smallest absolute Gasteiger partial charge is 0.410 e. The maximum atomic E-state index is 13.4. The van der Waals surface area contributed by atoms with Crippen LogP contribution in [0.3, 0.4) is 0 Å². The Morgan fingerprint density at radius 2 is 0.965 bits per heavy atom. The number of fused-ring (bicyclic) bond motifs is 2. The Hall–Kier alpha value is -7.83. The van der Waals surface area contributed by atoms with E-state index in [1.807, 2.05) is 54.6 Å². The van der Waals surface area contributed by atoms with E-state index in [0.717, 1.165) is 44.6 Å². The minimum Gasteiger partial charge on any atom is -0.508 e. The molecule has 0 saturated carbocycles. The van der Waals surface area contributed by atoms with Crippen molar-refractivity contribution in [3.8, 4) is 23.6 Å². The van der Waals surface area contributed by atoms with Crippen molar-refractivity contribution in [1.82, 2.24) is 9.80 Å². The number of esters is 2. The van der Waals surface area contributed by atoms with E-state index in [2.05, 4.69) is 39.8 Å². The Balaban J connectivity index is 0.000000381. The summed E-state index contributed by atoms with van der Waals surface area (Å²) in [5.41, 5.74) is 5.96. The van der Waals surface area contributed by atoms with Crippen LogP contribution in [0.4, 0.5) is 21.0 Å². The Morgan fingerprint density at radius 3 is 1.36 bits per heavy atom. The summed E-state index contributed by atoms with van der Waals surface area (Å²) in [5, 5.41) is 28.0. The van der Waals surface area contributed by atoms with Gasteiger partial charge in [-0.25, -0.2) is 9.59 Å². The number of hydrogen-bond acceptors (Lipinski definition) is 14. The Morgan fingerprint density at radius 1 is 0.570 bits per heavy atom. The maximum Gasteiger partial charge on any atom is 0.410 e. The van der Waals surface area contributed by atoms with Crippen LogP contribution < -0.4 is 14.5 Å². The van der Waals surface area contributed by atoms with Gasteiger partial charge in [-0.05, 0) is 190 Å². The summed E-state index contributed by atoms with van der Waals surface area (Å²) < 4.78 is 27.6. The van der Waals surface area contributed by atoms with Crippen LogP contribution >= 0.6 is 11.6 Å². The summed E-state index contributed by atoms with van der Waals surface area (Å²) in [6.45, 7) is 30.1. The molecule has 2 aliphatic heterocycles. The van der Waals surface area contributed by atoms with Gasteiger partial charge in [0, 0.05) is 43.4 Å². The monoisotopic (exact) mass is 1210 g/mol. The fourth-order valence-electron chi connectivity index (χ4n) is 8.98. The number of nitrogens with zero attached hydrogens (tertiary/aromatic N) is 6. The highest BCUT2D eigenvalue weighted by atomic mass is 35.5. The van der Waals surface area contributed by atoms with Gasteiger partial charge in [0.15, 0.2) is 0 Å². The molecule has 6 rings (SSSR count). The Labute approximate surface area is 515 Å². The predicted molar refractivity (Wildman–Crippen MR) is 334 cm³/mol. The molecule has 0 spiro atoms. The van der Waals surface area contributed by atoms with Gasteiger partial charge < -0.3 is 38.6 Å². The number of benzene rings is 4. The van der Waals surface area contributed by atoms with Crippen molar-refractivity contribution in [3.05, 3.63) is 117 Å². The van der Waals surface area contributed by atoms with Gasteiger partial charge in [0.2, 0.25) is 11.8 Å². The van der Waals surface area contributed by atoms with E-state index in [9.17, 15) is 39.1 Å². The number of carbonyl (C=O) groups is 6. The highest BCUT2D eigenvalue weighted by molar-refractivity contribution is 6.17. The van der Waals surface area contributed by atoms with E-state index in [1.165, 1.54) is 15.9 Å². The number of phenols is 1. The van der Waals surface area contributed by atoms with Gasteiger partial charge in [-0.3, -0.25) is 29.0 Å². The minimum absolute atomic E-state index is 0. The summed E-state index contributed by atoms with van der Waals surface area (Å²) in [6, 6.07) is 26.5. The molecule has 0 saturated heterocycles. The molecule has 1 N–H and O–H groups in total. The topological polar surface area (TPSA) is 229 Å². The summed E-state index contributed by atoms with van der Waals surface area (Å²) in [7, 11) is 0. The minimum atomic E-state index is -0.756. The number of aromatic hydroxyl groups is 1. The highest BCUT2D eigenvalue weighted by Crippen LogP contribution is 2.34. The molecule has 0 atom stereocenters. The average Bonchev–Trinajstić information content (AvgIpc) is 4.07. The molecule has 0 aromatic heterocycles. The second-order valence-corrected chi connectivity index (χ2v) is 25.7. The number of carbonyl (C=O) groups excluding carboxylic acids is 6. The van der Waals surface area contributed by atoms with Gasteiger partial charge in [-0.1, -0.05) is 59.4 Å². The zero-order valence-electron chi connectivity index (χ0n) is 52.6. The predicted octanol–water partition coefficient (Wildman–Crippen LogP) is 13.4. The van der Waals surface area contributed by atoms with Crippen LogP contribution in [0.5, 0.6) is 11.5 Å². The van der Waals surface area contributed by atoms with Gasteiger partial charge >= 0.3 is 24.1 Å². The van der Waals surface area contributed by atoms with Gasteiger partial charge in [0.1, 0.15) is 53.6 Å². The number of nitriles is 2. The van der Waals surface area contributed by atoms with Crippen LogP contribution in [0.2, 0.25) is 0 Å². The number of halogens is 1. The first-order chi connectivity index (χ1) is 39.5. The molecule has 4 amide bonds. The molecule has 0 aliphatic carbocycles. The normalized spacial score (nSPS) is 12.6. The lowest BCUT2D eigenvalue weighted by molar-refractivity contribution is -0.156. The number of hydrogen-bond donors (Lipinski definition) is 1. The van der Waals surface area contributed by atoms with Crippen LogP contribution in [0.1, 0.15) is 187 Å². The van der Waals surface area contributed by atoms with Crippen LogP contribution in [-0.2, 0) is 63.5 Å². The van der Waals surface area contributed by atoms with Crippen molar-refractivity contribution in [2.45, 2.75) is 191 Å². The lowest BCUT2D eigenvalue weighted by Crippen LogP contribution is -2.45. The molecule has 468 valence electrons. The molecule has 4 aromatic carbocycles. The first kappa shape index (κ1) is 72.4. The second kappa shape index (κ2) is 31.5. The number of phenolic OH excluding ortho intramolecular Hbond substituents is 1. The molecule has 86 heavy (non-hydrogen) atoms. The summed E-state index contributed by atoms with van der Waals surface area (Å²) >= 11 is 5.68. The Bertz CT molecular complexity index is 3100. The van der Waals surface area contributed by atoms with Crippen LogP contribution in [0.25, 0.3) is 0 Å². The molecule has 0 bridgehead atoms. The summed E-state index contributed by atoms with van der Waals surface area (Å²) in [5.74, 6) is 0.469. The first-order valence-corrected chi connectivity index (χ1v) is 29.2. The number of alkyl halides is 1. The van der Waals surface area contributed by atoms with E-state index in [1.54, 1.807) is 105 Å². The highest BCUT2D eigenvalue weighted by Gasteiger charge is 2.33. The molecule has 19 heteroatoms. The molecular weight excluding hydrogens is 1120 g/mol. The quantitative estimate of drug-likeness (QED) is 0.0625. The van der Waals surface area contributed by atoms with E-state index < -0.39 is 46.5 Å². The number of anilines is 2. The molecule has 0 radical (unpaired) electrons. The summed E-state index contributed by atoms with van der Waals surface area (Å²) in [6.07, 6.45) is -0.164. The van der Waals surface area contributed by atoms with Gasteiger partial charge in [0.25, 0.3) is 0 Å². The fraction of sp³-hybridized carbons (Fsp3) is 0.522. The Kier molecular flexibility index (Phi) is 26.6. The van der Waals surface area contributed by atoms with E-state index in [0.29, 0.717) is 61.3 Å². The zero-order chi connectivity index (χ0) is 63.8. The number of rotatable bonds is 16. The van der Waals surface area contributed by atoms with E-state index >= 15 is 0 Å². The molecule has 0 fully saturated rings. The lowest BCUT2D eigenvalue weighted by Gasteiger charge is -2.29. The van der Waals surface area contributed by atoms with E-state index in [4.69, 9.17) is 40.5 Å². The molecular formula is C67H91ClN6O12. The zero-order valence-corrected chi connectivity index (χ0v) is 53.3. The third kappa shape index (κ3) is 23.6. The first-order valence-electron chi connectivity index (χ1n) is 28.7. The number of ether oxygens (including phenoxy) is 5. The van der Waals surface area contributed by atoms with Crippen LogP contribution in [-0.4, -0.2) is 113 Å². The number of amides is 4.